The summed E-state index contributed by atoms with van der Waals surface area (Å²) in [5.74, 6) is -1.49. The van der Waals surface area contributed by atoms with E-state index in [1.165, 1.54) is 0 Å². The van der Waals surface area contributed by atoms with Crippen LogP contribution in [0.3, 0.4) is 0 Å². The van der Waals surface area contributed by atoms with E-state index >= 15 is 0 Å². The average Bonchev–Trinajstić information content (AvgIpc) is 2.28. The van der Waals surface area contributed by atoms with Crippen LogP contribution in [0.25, 0.3) is 0 Å². The van der Waals surface area contributed by atoms with Gasteiger partial charge >= 0.3 is 0 Å². The Hall–Kier alpha value is -1.16. The molecule has 0 N–H and O–H groups in total. The molecule has 98 valence electrons. The van der Waals surface area contributed by atoms with E-state index in [0.717, 1.165) is 37.5 Å². The smallest absolute Gasteiger partial charge is 0.257 e. The predicted molar refractivity (Wildman–Crippen MR) is 65.8 cm³/mol. The lowest BCUT2D eigenvalue weighted by Crippen LogP contribution is -2.45. The minimum Gasteiger partial charge on any atom is -0.334 e. The number of hydrogen-bond acceptors (Lipinski definition) is 1. The van der Waals surface area contributed by atoms with Crippen LogP contribution in [0.2, 0.25) is 0 Å². The van der Waals surface area contributed by atoms with Crippen LogP contribution in [0.15, 0.2) is 18.2 Å². The summed E-state index contributed by atoms with van der Waals surface area (Å²) in [6.07, 6.45) is 2.86. The molecule has 0 atom stereocenters. The highest BCUT2D eigenvalue weighted by molar-refractivity contribution is 6.18. The number of alkyl halides is 1. The third-order valence-corrected chi connectivity index (χ3v) is 3.43. The minimum absolute atomic E-state index is 0.110. The lowest BCUT2D eigenvalue weighted by atomic mass is 9.91. The number of halogens is 3. The highest BCUT2D eigenvalue weighted by atomic mass is 35.5. The highest BCUT2D eigenvalue weighted by Crippen LogP contribution is 2.26. The SMILES string of the molecule is O=C(c1cc(F)ccc1F)N(CCCl)C1CCC1. The molecule has 1 aromatic rings. The van der Waals surface area contributed by atoms with Crippen LogP contribution >= 0.6 is 11.6 Å². The zero-order valence-corrected chi connectivity index (χ0v) is 10.6. The Morgan fingerprint density at radius 3 is 2.67 bits per heavy atom. The number of rotatable bonds is 4. The standard InChI is InChI=1S/C13H14ClF2NO/c14-6-7-17(10-2-1-3-10)13(18)11-8-9(15)4-5-12(11)16/h4-5,8,10H,1-3,6-7H2. The fourth-order valence-corrected chi connectivity index (χ4v) is 2.24. The molecule has 0 aromatic heterocycles. The van der Waals surface area contributed by atoms with Crippen molar-refractivity contribution in [2.24, 2.45) is 0 Å². The van der Waals surface area contributed by atoms with Gasteiger partial charge in [0.05, 0.1) is 5.56 Å². The van der Waals surface area contributed by atoms with E-state index in [0.29, 0.717) is 12.4 Å². The minimum atomic E-state index is -0.694. The quantitative estimate of drug-likeness (QED) is 0.772. The van der Waals surface area contributed by atoms with Crippen molar-refractivity contribution in [2.75, 3.05) is 12.4 Å². The molecule has 1 amide bonds. The first kappa shape index (κ1) is 13.3. The van der Waals surface area contributed by atoms with Gasteiger partial charge in [0.2, 0.25) is 0 Å². The maximum atomic E-state index is 13.6. The van der Waals surface area contributed by atoms with Crippen molar-refractivity contribution < 1.29 is 13.6 Å². The summed E-state index contributed by atoms with van der Waals surface area (Å²) < 4.78 is 26.6. The number of nitrogens with zero attached hydrogens (tertiary/aromatic N) is 1. The molecule has 0 saturated heterocycles. The molecule has 2 nitrogen and oxygen atoms in total. The fraction of sp³-hybridized carbons (Fsp3) is 0.462. The lowest BCUT2D eigenvalue weighted by Gasteiger charge is -2.37. The second-order valence-corrected chi connectivity index (χ2v) is 4.77. The molecule has 1 fully saturated rings. The zero-order valence-electron chi connectivity index (χ0n) is 9.83. The third-order valence-electron chi connectivity index (χ3n) is 3.26. The zero-order chi connectivity index (χ0) is 13.1. The predicted octanol–water partition coefficient (Wildman–Crippen LogP) is 3.20. The highest BCUT2D eigenvalue weighted by Gasteiger charge is 2.30. The number of carbonyl (C=O) groups excluding carboxylic acids is 1. The lowest BCUT2D eigenvalue weighted by molar-refractivity contribution is 0.0592. The van der Waals surface area contributed by atoms with Gasteiger partial charge in [-0.3, -0.25) is 4.79 Å². The van der Waals surface area contributed by atoms with E-state index in [-0.39, 0.29) is 11.6 Å². The van der Waals surface area contributed by atoms with Gasteiger partial charge in [-0.25, -0.2) is 8.78 Å². The molecule has 1 aromatic carbocycles. The monoisotopic (exact) mass is 273 g/mol. The van der Waals surface area contributed by atoms with Gasteiger partial charge in [-0.15, -0.1) is 11.6 Å². The largest absolute Gasteiger partial charge is 0.334 e. The Morgan fingerprint density at radius 2 is 2.11 bits per heavy atom. The summed E-state index contributed by atoms with van der Waals surface area (Å²) >= 11 is 5.66. The van der Waals surface area contributed by atoms with Crippen LogP contribution in [0.4, 0.5) is 8.78 Å². The molecule has 1 aliphatic carbocycles. The van der Waals surface area contributed by atoms with Gasteiger partial charge in [-0.2, -0.15) is 0 Å². The summed E-state index contributed by atoms with van der Waals surface area (Å²) in [7, 11) is 0. The van der Waals surface area contributed by atoms with Gasteiger partial charge in [0.15, 0.2) is 0 Å². The van der Waals surface area contributed by atoms with Crippen LogP contribution in [-0.2, 0) is 0 Å². The van der Waals surface area contributed by atoms with Gasteiger partial charge in [0, 0.05) is 18.5 Å². The van der Waals surface area contributed by atoms with Crippen molar-refractivity contribution >= 4 is 17.5 Å². The van der Waals surface area contributed by atoms with Crippen molar-refractivity contribution in [1.82, 2.24) is 4.90 Å². The molecule has 5 heteroatoms. The second kappa shape index (κ2) is 5.65. The molecule has 0 spiro atoms. The summed E-state index contributed by atoms with van der Waals surface area (Å²) in [6.45, 7) is 0.362. The summed E-state index contributed by atoms with van der Waals surface area (Å²) in [5.41, 5.74) is -0.216. The molecule has 0 heterocycles. The van der Waals surface area contributed by atoms with Gasteiger partial charge in [-0.05, 0) is 37.5 Å². The number of carbonyl (C=O) groups is 1. The van der Waals surface area contributed by atoms with Crippen LogP contribution in [-0.4, -0.2) is 29.3 Å². The molecule has 0 bridgehead atoms. The molecule has 0 unspecified atom stereocenters. The molecule has 0 aliphatic heterocycles. The Labute approximate surface area is 110 Å². The van der Waals surface area contributed by atoms with Crippen LogP contribution in [0, 0.1) is 11.6 Å². The fourth-order valence-electron chi connectivity index (χ4n) is 2.06. The molecule has 2 rings (SSSR count). The van der Waals surface area contributed by atoms with Gasteiger partial charge in [0.25, 0.3) is 5.91 Å². The first-order valence-electron chi connectivity index (χ1n) is 5.95. The Morgan fingerprint density at radius 1 is 1.39 bits per heavy atom. The van der Waals surface area contributed by atoms with Crippen molar-refractivity contribution in [3.8, 4) is 0 Å². The van der Waals surface area contributed by atoms with Crippen molar-refractivity contribution in [1.29, 1.82) is 0 Å². The third kappa shape index (κ3) is 2.64. The van der Waals surface area contributed by atoms with Gasteiger partial charge in [0.1, 0.15) is 11.6 Å². The normalized spacial score (nSPS) is 15.3. The maximum Gasteiger partial charge on any atom is 0.257 e. The number of hydrogen-bond donors (Lipinski definition) is 0. The molecule has 1 aliphatic rings. The molecule has 1 saturated carbocycles. The number of amides is 1. The first-order chi connectivity index (χ1) is 8.63. The van der Waals surface area contributed by atoms with Crippen LogP contribution in [0.5, 0.6) is 0 Å². The summed E-state index contributed by atoms with van der Waals surface area (Å²) in [6, 6.07) is 3.03. The van der Waals surface area contributed by atoms with Crippen molar-refractivity contribution in [2.45, 2.75) is 25.3 Å². The maximum absolute atomic E-state index is 13.6. The molecule has 18 heavy (non-hydrogen) atoms. The van der Waals surface area contributed by atoms with Crippen LogP contribution in [0.1, 0.15) is 29.6 Å². The Balaban J connectivity index is 2.23. The van der Waals surface area contributed by atoms with E-state index in [4.69, 9.17) is 11.6 Å². The Bertz CT molecular complexity index is 449. The van der Waals surface area contributed by atoms with E-state index < -0.39 is 17.5 Å². The van der Waals surface area contributed by atoms with E-state index in [2.05, 4.69) is 0 Å². The summed E-state index contributed by atoms with van der Waals surface area (Å²) in [4.78, 5) is 13.8. The molecular weight excluding hydrogens is 260 g/mol. The van der Waals surface area contributed by atoms with Crippen molar-refractivity contribution in [3.05, 3.63) is 35.4 Å². The van der Waals surface area contributed by atoms with Crippen molar-refractivity contribution in [3.63, 3.8) is 0 Å². The van der Waals surface area contributed by atoms with E-state index in [1.54, 1.807) is 4.90 Å². The van der Waals surface area contributed by atoms with Crippen LogP contribution < -0.4 is 0 Å². The molecule has 0 radical (unpaired) electrons. The van der Waals surface area contributed by atoms with Gasteiger partial charge < -0.3 is 4.90 Å². The topological polar surface area (TPSA) is 20.3 Å². The Kier molecular flexibility index (Phi) is 4.17. The summed E-state index contributed by atoms with van der Waals surface area (Å²) in [5, 5.41) is 0. The van der Waals surface area contributed by atoms with E-state index in [1.807, 2.05) is 0 Å². The average molecular weight is 274 g/mol. The second-order valence-electron chi connectivity index (χ2n) is 4.40. The molecular formula is C13H14ClF2NO. The number of benzene rings is 1. The first-order valence-corrected chi connectivity index (χ1v) is 6.49. The van der Waals surface area contributed by atoms with E-state index in [9.17, 15) is 13.6 Å². The van der Waals surface area contributed by atoms with Gasteiger partial charge in [-0.1, -0.05) is 0 Å².